The Bertz CT molecular complexity index is 763. The monoisotopic (exact) mass is 346 g/mol. The minimum Gasteiger partial charge on any atom is -0.453 e. The lowest BCUT2D eigenvalue weighted by atomic mass is 9.97. The summed E-state index contributed by atoms with van der Waals surface area (Å²) in [6.45, 7) is 0.871. The van der Waals surface area contributed by atoms with E-state index in [0.717, 1.165) is 6.42 Å². The first kappa shape index (κ1) is 16.9. The molecule has 1 aromatic heterocycles. The van der Waals surface area contributed by atoms with Crippen molar-refractivity contribution in [1.82, 2.24) is 14.7 Å². The summed E-state index contributed by atoms with van der Waals surface area (Å²) in [7, 11) is 1.32. The highest BCUT2D eigenvalue weighted by Gasteiger charge is 2.29. The molecule has 1 aromatic carbocycles. The largest absolute Gasteiger partial charge is 0.453 e. The lowest BCUT2D eigenvalue weighted by molar-refractivity contribution is -0.121. The molecular formula is C17H19FN4O3. The predicted octanol–water partition coefficient (Wildman–Crippen LogP) is 2.43. The lowest BCUT2D eigenvalue weighted by Gasteiger charge is -2.30. The third kappa shape index (κ3) is 3.78. The number of hydrogen-bond donors (Lipinski definition) is 1. The number of amides is 2. The highest BCUT2D eigenvalue weighted by Crippen LogP contribution is 2.21. The fraction of sp³-hybridized carbons (Fsp3) is 0.353. The van der Waals surface area contributed by atoms with Crippen molar-refractivity contribution in [2.75, 3.05) is 25.5 Å². The highest BCUT2D eigenvalue weighted by atomic mass is 19.1. The third-order valence-electron chi connectivity index (χ3n) is 4.19. The number of nitrogens with zero attached hydrogens (tertiary/aromatic N) is 3. The number of piperidine rings is 1. The van der Waals surface area contributed by atoms with Gasteiger partial charge in [-0.15, -0.1) is 0 Å². The molecule has 1 atom stereocenters. The minimum atomic E-state index is -0.485. The van der Waals surface area contributed by atoms with E-state index in [0.29, 0.717) is 30.9 Å². The zero-order valence-corrected chi connectivity index (χ0v) is 13.8. The van der Waals surface area contributed by atoms with Crippen molar-refractivity contribution in [3.05, 3.63) is 42.5 Å². The predicted molar refractivity (Wildman–Crippen MR) is 88.9 cm³/mol. The van der Waals surface area contributed by atoms with Crippen LogP contribution in [0.2, 0.25) is 0 Å². The SMILES string of the molecule is COC(=O)N1CCCC(C(=O)Nc2ccc(-n3cccn3)c(F)c2)C1. The molecule has 1 unspecified atom stereocenters. The molecule has 1 aliphatic rings. The van der Waals surface area contributed by atoms with E-state index in [1.807, 2.05) is 0 Å². The number of carbonyl (C=O) groups excluding carboxylic acids is 2. The van der Waals surface area contributed by atoms with Crippen LogP contribution >= 0.6 is 0 Å². The first-order valence-corrected chi connectivity index (χ1v) is 8.02. The molecule has 1 fully saturated rings. The van der Waals surface area contributed by atoms with Gasteiger partial charge < -0.3 is 15.0 Å². The summed E-state index contributed by atoms with van der Waals surface area (Å²) in [6, 6.07) is 6.14. The molecule has 132 valence electrons. The number of carbonyl (C=O) groups is 2. The molecule has 2 amide bonds. The van der Waals surface area contributed by atoms with E-state index in [9.17, 15) is 14.0 Å². The van der Waals surface area contributed by atoms with Gasteiger partial charge in [0.2, 0.25) is 5.91 Å². The van der Waals surface area contributed by atoms with Crippen molar-refractivity contribution in [2.24, 2.45) is 5.92 Å². The van der Waals surface area contributed by atoms with E-state index in [1.54, 1.807) is 30.6 Å². The van der Waals surface area contributed by atoms with Gasteiger partial charge in [0.1, 0.15) is 5.69 Å². The molecule has 3 rings (SSSR count). The second kappa shape index (κ2) is 7.33. The number of anilines is 1. The van der Waals surface area contributed by atoms with Gasteiger partial charge >= 0.3 is 6.09 Å². The van der Waals surface area contributed by atoms with E-state index < -0.39 is 11.9 Å². The van der Waals surface area contributed by atoms with Crippen LogP contribution in [0.5, 0.6) is 0 Å². The number of ether oxygens (including phenoxy) is 1. The summed E-state index contributed by atoms with van der Waals surface area (Å²) in [4.78, 5) is 25.5. The van der Waals surface area contributed by atoms with Crippen LogP contribution in [0, 0.1) is 11.7 Å². The quantitative estimate of drug-likeness (QED) is 0.926. The number of likely N-dealkylation sites (tertiary alicyclic amines) is 1. The Morgan fingerprint density at radius 2 is 2.24 bits per heavy atom. The average Bonchev–Trinajstić information content (AvgIpc) is 3.15. The maximum absolute atomic E-state index is 14.2. The number of aromatic nitrogens is 2. The molecule has 1 saturated heterocycles. The van der Waals surface area contributed by atoms with E-state index in [4.69, 9.17) is 4.74 Å². The minimum absolute atomic E-state index is 0.236. The molecule has 8 heteroatoms. The average molecular weight is 346 g/mol. The number of hydrogen-bond acceptors (Lipinski definition) is 4. The van der Waals surface area contributed by atoms with Crippen molar-refractivity contribution in [3.63, 3.8) is 0 Å². The molecular weight excluding hydrogens is 327 g/mol. The number of nitrogens with one attached hydrogen (secondary N) is 1. The molecule has 7 nitrogen and oxygen atoms in total. The summed E-state index contributed by atoms with van der Waals surface area (Å²) in [5, 5.41) is 6.70. The second-order valence-corrected chi connectivity index (χ2v) is 5.86. The molecule has 1 N–H and O–H groups in total. The second-order valence-electron chi connectivity index (χ2n) is 5.86. The summed E-state index contributed by atoms with van der Waals surface area (Å²) >= 11 is 0. The van der Waals surface area contributed by atoms with Crippen molar-refractivity contribution in [2.45, 2.75) is 12.8 Å². The Balaban J connectivity index is 1.66. The van der Waals surface area contributed by atoms with E-state index in [-0.39, 0.29) is 11.8 Å². The molecule has 0 radical (unpaired) electrons. The first-order chi connectivity index (χ1) is 12.1. The smallest absolute Gasteiger partial charge is 0.409 e. The van der Waals surface area contributed by atoms with Gasteiger partial charge in [0, 0.05) is 31.2 Å². The zero-order chi connectivity index (χ0) is 17.8. The number of rotatable bonds is 3. The van der Waals surface area contributed by atoms with Crippen LogP contribution in [-0.4, -0.2) is 46.9 Å². The molecule has 1 aliphatic heterocycles. The topological polar surface area (TPSA) is 76.5 Å². The lowest BCUT2D eigenvalue weighted by Crippen LogP contribution is -2.43. The van der Waals surface area contributed by atoms with Crippen molar-refractivity contribution in [3.8, 4) is 5.69 Å². The van der Waals surface area contributed by atoms with Crippen LogP contribution in [0.1, 0.15) is 12.8 Å². The fourth-order valence-corrected chi connectivity index (χ4v) is 2.91. The zero-order valence-electron chi connectivity index (χ0n) is 13.8. The normalized spacial score (nSPS) is 17.2. The first-order valence-electron chi connectivity index (χ1n) is 8.02. The Morgan fingerprint density at radius 3 is 2.92 bits per heavy atom. The maximum Gasteiger partial charge on any atom is 0.409 e. The summed E-state index contributed by atoms with van der Waals surface area (Å²) in [5.41, 5.74) is 0.672. The van der Waals surface area contributed by atoms with Crippen LogP contribution in [-0.2, 0) is 9.53 Å². The van der Waals surface area contributed by atoms with Crippen LogP contribution in [0.3, 0.4) is 0 Å². The Morgan fingerprint density at radius 1 is 1.40 bits per heavy atom. The van der Waals surface area contributed by atoms with Gasteiger partial charge in [-0.3, -0.25) is 4.79 Å². The van der Waals surface area contributed by atoms with Crippen molar-refractivity contribution in [1.29, 1.82) is 0 Å². The van der Waals surface area contributed by atoms with Crippen LogP contribution in [0.25, 0.3) is 5.69 Å². The van der Waals surface area contributed by atoms with E-state index in [2.05, 4.69) is 10.4 Å². The molecule has 0 spiro atoms. The van der Waals surface area contributed by atoms with Crippen molar-refractivity contribution < 1.29 is 18.7 Å². The van der Waals surface area contributed by atoms with Gasteiger partial charge in [0.05, 0.1) is 13.0 Å². The number of benzene rings is 1. The molecule has 2 aromatic rings. The van der Waals surface area contributed by atoms with Gasteiger partial charge in [0.15, 0.2) is 5.82 Å². The van der Waals surface area contributed by atoms with E-state index in [1.165, 1.54) is 22.8 Å². The Kier molecular flexibility index (Phi) is 4.97. The third-order valence-corrected chi connectivity index (χ3v) is 4.19. The van der Waals surface area contributed by atoms with Gasteiger partial charge in [-0.1, -0.05) is 0 Å². The van der Waals surface area contributed by atoms with Crippen LogP contribution in [0.4, 0.5) is 14.9 Å². The standard InChI is InChI=1S/C17H19FN4O3/c1-25-17(24)21-8-2-4-12(11-21)16(23)20-13-5-6-15(14(18)10-13)22-9-3-7-19-22/h3,5-7,9-10,12H,2,4,8,11H2,1H3,(H,20,23). The fourth-order valence-electron chi connectivity index (χ4n) is 2.91. The van der Waals surface area contributed by atoms with Crippen LogP contribution in [0.15, 0.2) is 36.7 Å². The van der Waals surface area contributed by atoms with Gasteiger partial charge in [-0.2, -0.15) is 5.10 Å². The molecule has 25 heavy (non-hydrogen) atoms. The van der Waals surface area contributed by atoms with Gasteiger partial charge in [-0.25, -0.2) is 13.9 Å². The summed E-state index contributed by atoms with van der Waals surface area (Å²) < 4.78 is 20.3. The van der Waals surface area contributed by atoms with Gasteiger partial charge in [-0.05, 0) is 37.1 Å². The molecule has 0 bridgehead atoms. The van der Waals surface area contributed by atoms with Crippen LogP contribution < -0.4 is 5.32 Å². The molecule has 0 aliphatic carbocycles. The maximum atomic E-state index is 14.2. The number of halogens is 1. The van der Waals surface area contributed by atoms with E-state index >= 15 is 0 Å². The Hall–Kier alpha value is -2.90. The van der Waals surface area contributed by atoms with Crippen molar-refractivity contribution >= 4 is 17.7 Å². The number of methoxy groups -OCH3 is 1. The van der Waals surface area contributed by atoms with Gasteiger partial charge in [0.25, 0.3) is 0 Å². The highest BCUT2D eigenvalue weighted by molar-refractivity contribution is 5.93. The molecule has 0 saturated carbocycles. The summed E-state index contributed by atoms with van der Waals surface area (Å²) in [6.07, 6.45) is 4.16. The summed E-state index contributed by atoms with van der Waals surface area (Å²) in [5.74, 6) is -1.07. The Labute approximate surface area is 144 Å². The molecule has 2 heterocycles.